The predicted molar refractivity (Wildman–Crippen MR) is 90.6 cm³/mol. The standard InChI is InChI=1S/C15H15N3O3S2/c1-2-7-22-15-18-17-14(23-15)16-13(19)9-10-3-4-11-12(8-10)21-6-5-20-11/h2-4,8H,1,5-7,9H2,(H,16,17,19). The zero-order chi connectivity index (χ0) is 16.1. The van der Waals surface area contributed by atoms with E-state index in [1.807, 2.05) is 18.2 Å². The zero-order valence-electron chi connectivity index (χ0n) is 12.3. The fraction of sp³-hybridized carbons (Fsp3) is 0.267. The molecule has 0 spiro atoms. The van der Waals surface area contributed by atoms with Crippen LogP contribution in [0, 0.1) is 0 Å². The van der Waals surface area contributed by atoms with Gasteiger partial charge in [0.1, 0.15) is 13.2 Å². The number of nitrogens with one attached hydrogen (secondary N) is 1. The minimum atomic E-state index is -0.141. The van der Waals surface area contributed by atoms with Gasteiger partial charge in [0, 0.05) is 5.75 Å². The minimum absolute atomic E-state index is 0.141. The molecule has 0 saturated carbocycles. The van der Waals surface area contributed by atoms with Gasteiger partial charge in [0.2, 0.25) is 11.0 Å². The first kappa shape index (κ1) is 15.8. The first-order valence-corrected chi connectivity index (χ1v) is 8.80. The van der Waals surface area contributed by atoms with Gasteiger partial charge >= 0.3 is 0 Å². The molecule has 0 saturated heterocycles. The van der Waals surface area contributed by atoms with Gasteiger partial charge in [-0.1, -0.05) is 35.2 Å². The van der Waals surface area contributed by atoms with E-state index in [1.165, 1.54) is 23.1 Å². The Labute approximate surface area is 141 Å². The lowest BCUT2D eigenvalue weighted by Crippen LogP contribution is -2.17. The highest BCUT2D eigenvalue weighted by molar-refractivity contribution is 8.01. The van der Waals surface area contributed by atoms with Crippen molar-refractivity contribution in [2.45, 2.75) is 10.8 Å². The maximum Gasteiger partial charge on any atom is 0.230 e. The number of benzene rings is 1. The highest BCUT2D eigenvalue weighted by Gasteiger charge is 2.14. The van der Waals surface area contributed by atoms with Crippen molar-refractivity contribution >= 4 is 34.1 Å². The molecular formula is C15H15N3O3S2. The summed E-state index contributed by atoms with van der Waals surface area (Å²) in [5, 5.41) is 11.2. The molecule has 0 fully saturated rings. The van der Waals surface area contributed by atoms with E-state index < -0.39 is 0 Å². The van der Waals surface area contributed by atoms with Gasteiger partial charge in [0.05, 0.1) is 6.42 Å². The molecular weight excluding hydrogens is 334 g/mol. The average Bonchev–Trinajstić information content (AvgIpc) is 3.00. The molecule has 0 bridgehead atoms. The van der Waals surface area contributed by atoms with Gasteiger partial charge in [-0.25, -0.2) is 0 Å². The van der Waals surface area contributed by atoms with Crippen molar-refractivity contribution in [2.75, 3.05) is 24.3 Å². The largest absolute Gasteiger partial charge is 0.486 e. The lowest BCUT2D eigenvalue weighted by atomic mass is 10.1. The summed E-state index contributed by atoms with van der Waals surface area (Å²) in [6.07, 6.45) is 2.04. The summed E-state index contributed by atoms with van der Waals surface area (Å²) in [5.74, 6) is 2.02. The van der Waals surface area contributed by atoms with Crippen LogP contribution < -0.4 is 14.8 Å². The van der Waals surface area contributed by atoms with Crippen molar-refractivity contribution in [2.24, 2.45) is 0 Å². The molecule has 0 unspecified atom stereocenters. The van der Waals surface area contributed by atoms with Crippen molar-refractivity contribution in [1.29, 1.82) is 0 Å². The van der Waals surface area contributed by atoms with Crippen LogP contribution in [0.3, 0.4) is 0 Å². The van der Waals surface area contributed by atoms with E-state index in [0.29, 0.717) is 29.8 Å². The van der Waals surface area contributed by atoms with Crippen molar-refractivity contribution in [3.05, 3.63) is 36.4 Å². The second-order valence-corrected chi connectivity index (χ2v) is 6.92. The van der Waals surface area contributed by atoms with Gasteiger partial charge in [0.15, 0.2) is 15.8 Å². The van der Waals surface area contributed by atoms with Crippen LogP contribution in [0.2, 0.25) is 0 Å². The molecule has 23 heavy (non-hydrogen) atoms. The molecule has 1 aliphatic heterocycles. The topological polar surface area (TPSA) is 73.3 Å². The van der Waals surface area contributed by atoms with E-state index in [4.69, 9.17) is 9.47 Å². The molecule has 8 heteroatoms. The summed E-state index contributed by atoms with van der Waals surface area (Å²) >= 11 is 2.88. The monoisotopic (exact) mass is 349 g/mol. The third-order valence-corrected chi connectivity index (χ3v) is 4.92. The minimum Gasteiger partial charge on any atom is -0.486 e. The zero-order valence-corrected chi connectivity index (χ0v) is 13.9. The van der Waals surface area contributed by atoms with E-state index >= 15 is 0 Å². The molecule has 1 amide bonds. The molecule has 0 radical (unpaired) electrons. The van der Waals surface area contributed by atoms with Crippen molar-refractivity contribution in [1.82, 2.24) is 10.2 Å². The van der Waals surface area contributed by atoms with Crippen molar-refractivity contribution in [3.63, 3.8) is 0 Å². The molecule has 2 heterocycles. The molecule has 0 aliphatic carbocycles. The summed E-state index contributed by atoms with van der Waals surface area (Å²) in [6, 6.07) is 5.52. The number of aromatic nitrogens is 2. The van der Waals surface area contributed by atoms with Crippen LogP contribution in [0.15, 0.2) is 35.2 Å². The number of hydrogen-bond acceptors (Lipinski definition) is 7. The highest BCUT2D eigenvalue weighted by atomic mass is 32.2. The molecule has 1 aromatic heterocycles. The summed E-state index contributed by atoms with van der Waals surface area (Å²) in [7, 11) is 0. The van der Waals surface area contributed by atoms with E-state index in [-0.39, 0.29) is 12.3 Å². The number of nitrogens with zero attached hydrogens (tertiary/aromatic N) is 2. The fourth-order valence-corrected chi connectivity index (χ4v) is 3.52. The number of carbonyl (C=O) groups is 1. The number of carbonyl (C=O) groups excluding carboxylic acids is 1. The third-order valence-electron chi connectivity index (χ3n) is 2.95. The SMILES string of the molecule is C=CCSc1nnc(NC(=O)Cc2ccc3c(c2)OCCO3)s1. The summed E-state index contributed by atoms with van der Waals surface area (Å²) in [6.45, 7) is 4.73. The normalized spacial score (nSPS) is 12.7. The van der Waals surface area contributed by atoms with Crippen LogP contribution in [0.1, 0.15) is 5.56 Å². The number of ether oxygens (including phenoxy) is 2. The van der Waals surface area contributed by atoms with Crippen LogP contribution in [0.5, 0.6) is 11.5 Å². The molecule has 1 aromatic carbocycles. The van der Waals surface area contributed by atoms with E-state index in [2.05, 4.69) is 22.1 Å². The molecule has 6 nitrogen and oxygen atoms in total. The van der Waals surface area contributed by atoms with Crippen LogP contribution in [0.25, 0.3) is 0 Å². The second-order valence-electron chi connectivity index (χ2n) is 4.68. The Kier molecular flexibility index (Phi) is 5.14. The number of thioether (sulfide) groups is 1. The summed E-state index contributed by atoms with van der Waals surface area (Å²) in [5.41, 5.74) is 0.859. The summed E-state index contributed by atoms with van der Waals surface area (Å²) in [4.78, 5) is 12.1. The van der Waals surface area contributed by atoms with Crippen molar-refractivity contribution < 1.29 is 14.3 Å². The highest BCUT2D eigenvalue weighted by Crippen LogP contribution is 2.31. The Hall–Kier alpha value is -2.06. The Morgan fingerprint density at radius 3 is 3.00 bits per heavy atom. The Morgan fingerprint density at radius 1 is 1.35 bits per heavy atom. The number of hydrogen-bond donors (Lipinski definition) is 1. The molecule has 3 rings (SSSR count). The third kappa shape index (κ3) is 4.23. The number of rotatable bonds is 6. The Bertz CT molecular complexity index is 718. The number of anilines is 1. The lowest BCUT2D eigenvalue weighted by molar-refractivity contribution is -0.115. The van der Waals surface area contributed by atoms with Crippen LogP contribution in [-0.4, -0.2) is 35.1 Å². The average molecular weight is 349 g/mol. The van der Waals surface area contributed by atoms with Gasteiger partial charge in [-0.3, -0.25) is 4.79 Å². The maximum absolute atomic E-state index is 12.1. The van der Waals surface area contributed by atoms with Crippen LogP contribution >= 0.6 is 23.1 Å². The van der Waals surface area contributed by atoms with Gasteiger partial charge in [-0.2, -0.15) is 0 Å². The fourth-order valence-electron chi connectivity index (χ4n) is 2.00. The van der Waals surface area contributed by atoms with Crippen molar-refractivity contribution in [3.8, 4) is 11.5 Å². The second kappa shape index (κ2) is 7.47. The maximum atomic E-state index is 12.1. The van der Waals surface area contributed by atoms with E-state index in [9.17, 15) is 4.79 Å². The van der Waals surface area contributed by atoms with E-state index in [0.717, 1.165) is 15.7 Å². The molecule has 2 aromatic rings. The quantitative estimate of drug-likeness (QED) is 0.491. The van der Waals surface area contributed by atoms with Gasteiger partial charge in [-0.05, 0) is 17.7 Å². The first-order valence-electron chi connectivity index (χ1n) is 7.00. The molecule has 1 N–H and O–H groups in total. The van der Waals surface area contributed by atoms with Crippen LogP contribution in [-0.2, 0) is 11.2 Å². The Morgan fingerprint density at radius 2 is 2.17 bits per heavy atom. The van der Waals surface area contributed by atoms with Gasteiger partial charge in [0.25, 0.3) is 0 Å². The molecule has 120 valence electrons. The summed E-state index contributed by atoms with van der Waals surface area (Å²) < 4.78 is 11.8. The number of amides is 1. The first-order chi connectivity index (χ1) is 11.2. The molecule has 0 atom stereocenters. The van der Waals surface area contributed by atoms with Gasteiger partial charge in [-0.15, -0.1) is 16.8 Å². The molecule has 1 aliphatic rings. The smallest absolute Gasteiger partial charge is 0.230 e. The predicted octanol–water partition coefficient (Wildman–Crippen LogP) is 2.77. The Balaban J connectivity index is 1.58. The van der Waals surface area contributed by atoms with Gasteiger partial charge < -0.3 is 14.8 Å². The lowest BCUT2D eigenvalue weighted by Gasteiger charge is -2.18. The number of fused-ring (bicyclic) bond motifs is 1. The van der Waals surface area contributed by atoms with Crippen LogP contribution in [0.4, 0.5) is 5.13 Å². The van der Waals surface area contributed by atoms with E-state index in [1.54, 1.807) is 6.08 Å².